The van der Waals surface area contributed by atoms with Gasteiger partial charge in [-0.3, -0.25) is 0 Å². The smallest absolute Gasteiger partial charge is 0.127 e. The number of benzene rings is 1. The summed E-state index contributed by atoms with van der Waals surface area (Å²) in [7, 11) is 0. The zero-order valence-corrected chi connectivity index (χ0v) is 16.9. The third-order valence-corrected chi connectivity index (χ3v) is 4.66. The summed E-state index contributed by atoms with van der Waals surface area (Å²) in [4.78, 5) is 0. The topological polar surface area (TPSA) is 9.23 Å². The van der Waals surface area contributed by atoms with Gasteiger partial charge in [0.25, 0.3) is 0 Å². The van der Waals surface area contributed by atoms with Gasteiger partial charge in [0.05, 0.1) is 6.61 Å². The molecule has 0 bridgehead atoms. The molecule has 1 rings (SSSR count). The van der Waals surface area contributed by atoms with Crippen molar-refractivity contribution in [1.82, 2.24) is 0 Å². The molecule has 0 heterocycles. The third-order valence-electron chi connectivity index (χ3n) is 4.66. The minimum atomic E-state index is 0.0651. The van der Waals surface area contributed by atoms with Crippen molar-refractivity contribution in [1.29, 1.82) is 0 Å². The molecule has 1 radical (unpaired) electrons. The van der Waals surface area contributed by atoms with Gasteiger partial charge >= 0.3 is 0 Å². The van der Waals surface area contributed by atoms with Crippen LogP contribution in [-0.2, 0) is 23.7 Å². The maximum atomic E-state index is 6.29. The van der Waals surface area contributed by atoms with E-state index in [0.717, 1.165) is 18.6 Å². The summed E-state index contributed by atoms with van der Waals surface area (Å²) in [5.41, 5.74) is 5.61. The number of hydrogen-bond donors (Lipinski definition) is 0. The monoisotopic (exact) mass is 317 g/mol. The molecule has 131 valence electrons. The fraction of sp³-hybridized carbons (Fsp3) is 0.727. The minimum absolute atomic E-state index is 0.0651. The van der Waals surface area contributed by atoms with Crippen LogP contribution in [0.15, 0.2) is 0 Å². The van der Waals surface area contributed by atoms with Crippen molar-refractivity contribution in [3.8, 4) is 5.75 Å². The quantitative estimate of drug-likeness (QED) is 0.566. The molecule has 1 aromatic carbocycles. The van der Waals surface area contributed by atoms with E-state index in [9.17, 15) is 0 Å². The Morgan fingerprint density at radius 3 is 1.74 bits per heavy atom. The summed E-state index contributed by atoms with van der Waals surface area (Å²) >= 11 is 0. The molecule has 0 saturated carbocycles. The van der Waals surface area contributed by atoms with Gasteiger partial charge in [-0.25, -0.2) is 0 Å². The van der Waals surface area contributed by atoms with Crippen LogP contribution in [0.2, 0.25) is 0 Å². The number of rotatable bonds is 7. The predicted molar refractivity (Wildman–Crippen MR) is 102 cm³/mol. The van der Waals surface area contributed by atoms with Gasteiger partial charge in [-0.2, -0.15) is 0 Å². The van der Waals surface area contributed by atoms with E-state index in [-0.39, 0.29) is 10.8 Å². The van der Waals surface area contributed by atoms with Crippen molar-refractivity contribution < 1.29 is 4.74 Å². The van der Waals surface area contributed by atoms with Gasteiger partial charge in [-0.05, 0) is 54.2 Å². The molecule has 0 fully saturated rings. The fourth-order valence-corrected chi connectivity index (χ4v) is 3.78. The highest BCUT2D eigenvalue weighted by atomic mass is 16.5. The summed E-state index contributed by atoms with van der Waals surface area (Å²) in [5, 5.41) is 0. The largest absolute Gasteiger partial charge is 0.493 e. The Bertz CT molecular complexity index is 518. The van der Waals surface area contributed by atoms with E-state index in [1.54, 1.807) is 0 Å². The molecule has 0 N–H and O–H groups in total. The highest BCUT2D eigenvalue weighted by molar-refractivity contribution is 5.56. The Hall–Kier alpha value is -0.980. The van der Waals surface area contributed by atoms with Crippen molar-refractivity contribution in [2.45, 2.75) is 98.8 Å². The maximum absolute atomic E-state index is 6.29. The summed E-state index contributed by atoms with van der Waals surface area (Å²) in [6.45, 7) is 21.1. The molecule has 1 heteroatoms. The lowest BCUT2D eigenvalue weighted by Crippen LogP contribution is -2.25. The van der Waals surface area contributed by atoms with E-state index in [4.69, 9.17) is 4.74 Å². The molecule has 0 atom stereocenters. The maximum Gasteiger partial charge on any atom is 0.127 e. The lowest BCUT2D eigenvalue weighted by atomic mass is 9.72. The van der Waals surface area contributed by atoms with Crippen molar-refractivity contribution >= 4 is 0 Å². The Morgan fingerprint density at radius 1 is 0.826 bits per heavy atom. The lowest BCUT2D eigenvalue weighted by molar-refractivity contribution is 0.313. The molecular formula is C22H37O. The van der Waals surface area contributed by atoms with E-state index in [2.05, 4.69) is 68.4 Å². The fourth-order valence-electron chi connectivity index (χ4n) is 3.78. The third kappa shape index (κ3) is 4.31. The second kappa shape index (κ2) is 7.73. The summed E-state index contributed by atoms with van der Waals surface area (Å²) < 4.78 is 6.29. The molecule has 0 aliphatic rings. The Morgan fingerprint density at radius 2 is 1.35 bits per heavy atom. The summed E-state index contributed by atoms with van der Waals surface area (Å²) in [6.07, 6.45) is 4.37. The van der Waals surface area contributed by atoms with E-state index < -0.39 is 0 Å². The normalized spacial score (nSPS) is 12.6. The second-order valence-electron chi connectivity index (χ2n) is 8.19. The molecule has 0 amide bonds. The van der Waals surface area contributed by atoms with Crippen molar-refractivity contribution in [3.63, 3.8) is 0 Å². The molecule has 0 saturated heterocycles. The van der Waals surface area contributed by atoms with Gasteiger partial charge in [-0.1, -0.05) is 61.8 Å². The first kappa shape index (κ1) is 20.1. The first-order valence-corrected chi connectivity index (χ1v) is 9.38. The second-order valence-corrected chi connectivity index (χ2v) is 8.19. The molecule has 0 aliphatic heterocycles. The number of hydrogen-bond acceptors (Lipinski definition) is 1. The van der Waals surface area contributed by atoms with Crippen molar-refractivity contribution in [2.75, 3.05) is 6.61 Å². The van der Waals surface area contributed by atoms with Crippen LogP contribution in [0.5, 0.6) is 5.75 Å². The highest BCUT2D eigenvalue weighted by Gasteiger charge is 2.33. The van der Waals surface area contributed by atoms with Gasteiger partial charge in [0.1, 0.15) is 5.75 Å². The zero-order valence-electron chi connectivity index (χ0n) is 16.9. The average Bonchev–Trinajstić information content (AvgIpc) is 2.44. The van der Waals surface area contributed by atoms with E-state index in [0.29, 0.717) is 6.61 Å². The van der Waals surface area contributed by atoms with Gasteiger partial charge in [0.2, 0.25) is 0 Å². The van der Waals surface area contributed by atoms with Crippen LogP contribution in [0.25, 0.3) is 0 Å². The molecule has 23 heavy (non-hydrogen) atoms. The first-order valence-electron chi connectivity index (χ1n) is 9.38. The van der Waals surface area contributed by atoms with E-state index in [1.807, 2.05) is 0 Å². The van der Waals surface area contributed by atoms with Gasteiger partial charge in [0, 0.05) is 11.1 Å². The molecular weight excluding hydrogens is 280 g/mol. The first-order chi connectivity index (χ1) is 10.6. The molecule has 0 aliphatic carbocycles. The molecule has 0 spiro atoms. The van der Waals surface area contributed by atoms with Crippen molar-refractivity contribution in [2.24, 2.45) is 0 Å². The molecule has 1 aromatic rings. The van der Waals surface area contributed by atoms with Gasteiger partial charge in [-0.15, -0.1) is 0 Å². The highest BCUT2D eigenvalue weighted by Crippen LogP contribution is 2.45. The minimum Gasteiger partial charge on any atom is -0.493 e. The molecule has 0 aromatic heterocycles. The van der Waals surface area contributed by atoms with Crippen LogP contribution < -0.4 is 4.74 Å². The number of ether oxygens (including phenoxy) is 1. The van der Waals surface area contributed by atoms with Crippen LogP contribution >= 0.6 is 0 Å². The molecule has 1 nitrogen and oxygen atoms in total. The van der Waals surface area contributed by atoms with Crippen LogP contribution in [0.4, 0.5) is 0 Å². The van der Waals surface area contributed by atoms with E-state index in [1.165, 1.54) is 35.1 Å². The SMILES string of the molecule is CCCC(C)(C)c1c(CC)[c]c(CC)c(C(C)(C)C)c1OCC. The van der Waals surface area contributed by atoms with Gasteiger partial charge < -0.3 is 4.74 Å². The van der Waals surface area contributed by atoms with Crippen LogP contribution in [-0.4, -0.2) is 6.61 Å². The Balaban J connectivity index is 3.84. The average molecular weight is 318 g/mol. The van der Waals surface area contributed by atoms with Crippen LogP contribution in [0.3, 0.4) is 0 Å². The van der Waals surface area contributed by atoms with Gasteiger partial charge in [0.15, 0.2) is 0 Å². The lowest BCUT2D eigenvalue weighted by Gasteiger charge is -2.35. The molecule has 0 unspecified atom stereocenters. The van der Waals surface area contributed by atoms with E-state index >= 15 is 0 Å². The Labute approximate surface area is 144 Å². The Kier molecular flexibility index (Phi) is 6.74. The standard InChI is InChI=1S/C22H37O/c1-10-14-22(8,9)19-17(12-3)15-16(11-2)18(21(5,6)7)20(19)23-13-4/h10-14H2,1-9H3. The number of aryl methyl sites for hydroxylation is 2. The predicted octanol–water partition coefficient (Wildman–Crippen LogP) is 6.39. The van der Waals surface area contributed by atoms with Crippen molar-refractivity contribution in [3.05, 3.63) is 28.3 Å². The van der Waals surface area contributed by atoms with Crippen LogP contribution in [0, 0.1) is 6.07 Å². The zero-order chi connectivity index (χ0) is 17.8. The summed E-state index contributed by atoms with van der Waals surface area (Å²) in [6, 6.07) is 3.77. The summed E-state index contributed by atoms with van der Waals surface area (Å²) in [5.74, 6) is 1.14. The van der Waals surface area contributed by atoms with Crippen LogP contribution in [0.1, 0.15) is 97.4 Å².